The Hall–Kier alpha value is -4.14. The van der Waals surface area contributed by atoms with Crippen LogP contribution in [0, 0.1) is 0 Å². The zero-order valence-corrected chi connectivity index (χ0v) is 19.6. The quantitative estimate of drug-likeness (QED) is 0.573. The van der Waals surface area contributed by atoms with Gasteiger partial charge in [0.2, 0.25) is 5.96 Å². The van der Waals surface area contributed by atoms with Gasteiger partial charge in [-0.1, -0.05) is 30.3 Å². The Kier molecular flexibility index (Phi) is 5.05. The summed E-state index contributed by atoms with van der Waals surface area (Å²) >= 11 is 0. The topological polar surface area (TPSA) is 92.1 Å². The smallest absolute Gasteiger partial charge is 0.337 e. The number of hydrogen-bond acceptors (Lipinski definition) is 7. The number of hydrogen-bond donors (Lipinski definition) is 1. The number of nitrogens with one attached hydrogen (secondary N) is 1. The van der Waals surface area contributed by atoms with Crippen LogP contribution in [0.15, 0.2) is 59.6 Å². The van der Waals surface area contributed by atoms with Gasteiger partial charge in [0.15, 0.2) is 5.82 Å². The highest BCUT2D eigenvalue weighted by molar-refractivity contribution is 6.21. The van der Waals surface area contributed by atoms with E-state index in [9.17, 15) is 9.59 Å². The van der Waals surface area contributed by atoms with Crippen molar-refractivity contribution in [2.45, 2.75) is 37.9 Å². The second-order valence-electron chi connectivity index (χ2n) is 9.11. The summed E-state index contributed by atoms with van der Waals surface area (Å²) < 4.78 is 6.64. The lowest BCUT2D eigenvalue weighted by atomic mass is 10.1. The number of benzene rings is 2. The first-order chi connectivity index (χ1) is 17.0. The van der Waals surface area contributed by atoms with E-state index < -0.39 is 0 Å². The Labute approximate surface area is 203 Å². The highest BCUT2D eigenvalue weighted by atomic mass is 16.5. The minimum Gasteiger partial charge on any atom is -0.465 e. The minimum absolute atomic E-state index is 0.124. The average Bonchev–Trinajstić information content (AvgIpc) is 3.57. The maximum absolute atomic E-state index is 13.6. The van der Waals surface area contributed by atoms with Gasteiger partial charge in [-0.15, -0.1) is 0 Å². The third-order valence-electron chi connectivity index (χ3n) is 7.00. The van der Waals surface area contributed by atoms with Gasteiger partial charge in [0.1, 0.15) is 11.4 Å². The molecule has 2 aromatic carbocycles. The van der Waals surface area contributed by atoms with Crippen LogP contribution in [0.5, 0.6) is 0 Å². The number of para-hydroxylation sites is 1. The molecule has 0 saturated heterocycles. The molecule has 0 radical (unpaired) electrons. The van der Waals surface area contributed by atoms with Crippen LogP contribution in [0.4, 0.5) is 17.3 Å². The van der Waals surface area contributed by atoms with Gasteiger partial charge in [0.25, 0.3) is 5.91 Å². The van der Waals surface area contributed by atoms with Gasteiger partial charge in [0, 0.05) is 12.7 Å². The number of esters is 1. The van der Waals surface area contributed by atoms with Crippen molar-refractivity contribution < 1.29 is 14.3 Å². The van der Waals surface area contributed by atoms with Crippen molar-refractivity contribution in [1.82, 2.24) is 14.7 Å². The van der Waals surface area contributed by atoms with E-state index in [0.29, 0.717) is 35.3 Å². The van der Waals surface area contributed by atoms with Gasteiger partial charge < -0.3 is 10.1 Å². The summed E-state index contributed by atoms with van der Waals surface area (Å²) in [5, 5.41) is 8.41. The Balaban J connectivity index is 1.44. The van der Waals surface area contributed by atoms with Crippen LogP contribution in [0.1, 0.15) is 45.5 Å². The molecule has 2 unspecified atom stereocenters. The first kappa shape index (κ1) is 21.4. The molecule has 1 amide bonds. The van der Waals surface area contributed by atoms with Crippen LogP contribution in [0.2, 0.25) is 0 Å². The van der Waals surface area contributed by atoms with Gasteiger partial charge in [-0.25, -0.2) is 14.5 Å². The molecule has 2 atom stereocenters. The molecule has 0 spiro atoms. The summed E-state index contributed by atoms with van der Waals surface area (Å²) in [5.74, 6) is 1.49. The van der Waals surface area contributed by atoms with E-state index in [1.807, 2.05) is 47.1 Å². The van der Waals surface area contributed by atoms with E-state index in [2.05, 4.69) is 10.2 Å². The van der Waals surface area contributed by atoms with Gasteiger partial charge in [-0.3, -0.25) is 14.6 Å². The molecule has 6 rings (SSSR count). The predicted molar refractivity (Wildman–Crippen MR) is 132 cm³/mol. The third-order valence-corrected chi connectivity index (χ3v) is 7.00. The van der Waals surface area contributed by atoms with Crippen LogP contribution < -0.4 is 10.2 Å². The van der Waals surface area contributed by atoms with Crippen molar-refractivity contribution in [3.05, 3.63) is 71.3 Å². The van der Waals surface area contributed by atoms with Crippen LogP contribution in [0.25, 0.3) is 0 Å². The Morgan fingerprint density at radius 2 is 1.89 bits per heavy atom. The van der Waals surface area contributed by atoms with Gasteiger partial charge >= 0.3 is 5.97 Å². The molecule has 1 aliphatic carbocycles. The number of aromatic nitrogens is 2. The van der Waals surface area contributed by atoms with Crippen LogP contribution >= 0.6 is 0 Å². The van der Waals surface area contributed by atoms with Gasteiger partial charge in [-0.2, -0.15) is 5.10 Å². The fourth-order valence-electron chi connectivity index (χ4n) is 5.24. The number of methoxy groups -OCH3 is 1. The molecule has 3 aliphatic rings. The fraction of sp³-hybridized carbons (Fsp3) is 0.308. The molecule has 1 fully saturated rings. The van der Waals surface area contributed by atoms with E-state index >= 15 is 0 Å². The predicted octanol–water partition coefficient (Wildman–Crippen LogP) is 3.64. The number of rotatable bonds is 5. The maximum atomic E-state index is 13.6. The van der Waals surface area contributed by atoms with Crippen LogP contribution in [-0.2, 0) is 11.3 Å². The monoisotopic (exact) mass is 470 g/mol. The molecule has 178 valence electrons. The third kappa shape index (κ3) is 3.46. The summed E-state index contributed by atoms with van der Waals surface area (Å²) in [6.07, 6.45) is 3.19. The Morgan fingerprint density at radius 3 is 2.63 bits per heavy atom. The highest BCUT2D eigenvalue weighted by Gasteiger charge is 2.49. The molecule has 9 heteroatoms. The Bertz CT molecular complexity index is 1330. The number of carbonyl (C=O) groups is 2. The standard InChI is InChI=1S/C26H26N6O3/c1-30-24(33)21-22(27-18-7-4-3-5-8-18)31(15-16-11-13-17(14-12-16)25(34)35-2)29-23(21)32-20-10-6-9-19(20)28-26(30)32/h3-5,7-8,11-14,19-20,27H,6,9-10,15H2,1-2H3. The summed E-state index contributed by atoms with van der Waals surface area (Å²) in [6, 6.07) is 17.4. The number of nitrogens with zero attached hydrogens (tertiary/aromatic N) is 5. The maximum Gasteiger partial charge on any atom is 0.337 e. The summed E-state index contributed by atoms with van der Waals surface area (Å²) in [4.78, 5) is 34.1. The van der Waals surface area contributed by atoms with E-state index in [0.717, 1.165) is 30.5 Å². The molecule has 3 heterocycles. The van der Waals surface area contributed by atoms with Crippen molar-refractivity contribution in [3.63, 3.8) is 0 Å². The SMILES string of the molecule is COC(=O)c1ccc(Cn2nc3c(c2Nc2ccccc2)C(=O)N(C)C2=NC4CCCC4N23)cc1. The van der Waals surface area contributed by atoms with Crippen LogP contribution in [-0.4, -0.2) is 58.8 Å². The zero-order valence-electron chi connectivity index (χ0n) is 19.6. The first-order valence-corrected chi connectivity index (χ1v) is 11.8. The van der Waals surface area contributed by atoms with E-state index in [4.69, 9.17) is 14.8 Å². The zero-order chi connectivity index (χ0) is 24.1. The molecule has 1 saturated carbocycles. The highest BCUT2D eigenvalue weighted by Crippen LogP contribution is 2.42. The number of aliphatic imine (C=N–C) groups is 1. The lowest BCUT2D eigenvalue weighted by molar-refractivity contribution is 0.0600. The molecule has 35 heavy (non-hydrogen) atoms. The fourth-order valence-corrected chi connectivity index (χ4v) is 5.24. The molecule has 9 nitrogen and oxygen atoms in total. The minimum atomic E-state index is -0.377. The number of anilines is 3. The molecular weight excluding hydrogens is 444 g/mol. The van der Waals surface area contributed by atoms with E-state index in [1.165, 1.54) is 7.11 Å². The normalized spacial score (nSPS) is 20.3. The van der Waals surface area contributed by atoms with E-state index in [-0.39, 0.29) is 24.0 Å². The molecule has 1 aromatic heterocycles. The molecule has 3 aromatic rings. The summed E-state index contributed by atoms with van der Waals surface area (Å²) in [5.41, 5.74) is 2.85. The van der Waals surface area contributed by atoms with Crippen molar-refractivity contribution in [3.8, 4) is 0 Å². The molecule has 1 N–H and O–H groups in total. The number of ether oxygens (including phenoxy) is 1. The number of fused-ring (bicyclic) bond motifs is 5. The molecule has 0 bridgehead atoms. The number of amides is 1. The first-order valence-electron chi connectivity index (χ1n) is 11.8. The second kappa shape index (κ2) is 8.26. The van der Waals surface area contributed by atoms with Gasteiger partial charge in [-0.05, 0) is 49.1 Å². The van der Waals surface area contributed by atoms with Crippen molar-refractivity contribution >= 4 is 35.2 Å². The van der Waals surface area contributed by atoms with Crippen LogP contribution in [0.3, 0.4) is 0 Å². The Morgan fingerprint density at radius 1 is 1.11 bits per heavy atom. The van der Waals surface area contributed by atoms with Crippen molar-refractivity contribution in [2.75, 3.05) is 24.4 Å². The molecular formula is C26H26N6O3. The largest absolute Gasteiger partial charge is 0.465 e. The molecule has 2 aliphatic heterocycles. The van der Waals surface area contributed by atoms with Gasteiger partial charge in [0.05, 0.1) is 31.3 Å². The number of guanidine groups is 1. The van der Waals surface area contributed by atoms with Crippen molar-refractivity contribution in [1.29, 1.82) is 0 Å². The summed E-state index contributed by atoms with van der Waals surface area (Å²) in [6.45, 7) is 0.426. The van der Waals surface area contributed by atoms with E-state index in [1.54, 1.807) is 24.1 Å². The summed E-state index contributed by atoms with van der Waals surface area (Å²) in [7, 11) is 3.15. The second-order valence-corrected chi connectivity index (χ2v) is 9.11. The van der Waals surface area contributed by atoms with Crippen molar-refractivity contribution in [2.24, 2.45) is 4.99 Å². The lowest BCUT2D eigenvalue weighted by Gasteiger charge is -2.34. The average molecular weight is 471 g/mol. The number of carbonyl (C=O) groups excluding carboxylic acids is 2. The lowest BCUT2D eigenvalue weighted by Crippen LogP contribution is -2.51.